The molecule has 1 aliphatic carbocycles. The summed E-state index contributed by atoms with van der Waals surface area (Å²) in [6.07, 6.45) is 6.34. The van der Waals surface area contributed by atoms with Gasteiger partial charge >= 0.3 is 0 Å². The van der Waals surface area contributed by atoms with Crippen LogP contribution in [0.1, 0.15) is 76.8 Å². The number of aromatic amines is 1. The molecule has 1 aromatic heterocycles. The molecule has 7 nitrogen and oxygen atoms in total. The molecule has 0 atom stereocenters. The highest BCUT2D eigenvalue weighted by molar-refractivity contribution is 6.20. The summed E-state index contributed by atoms with van der Waals surface area (Å²) >= 11 is 0. The smallest absolute Gasteiger partial charge is 0.195 e. The van der Waals surface area contributed by atoms with E-state index < -0.39 is 0 Å². The lowest BCUT2D eigenvalue weighted by atomic mass is 9.64. The van der Waals surface area contributed by atoms with Crippen LogP contribution >= 0.6 is 0 Å². The Morgan fingerprint density at radius 1 is 0.974 bits per heavy atom. The number of ether oxygens (including phenoxy) is 1. The molecule has 0 unspecified atom stereocenters. The van der Waals surface area contributed by atoms with Crippen LogP contribution in [0, 0.1) is 22.7 Å². The number of fused-ring (bicyclic) bond motifs is 6. The van der Waals surface area contributed by atoms with Crippen molar-refractivity contribution in [1.29, 1.82) is 10.5 Å². The number of nitrogens with one attached hydrogen (secondary N) is 1. The summed E-state index contributed by atoms with van der Waals surface area (Å²) in [4.78, 5) is 22.6. The quantitative estimate of drug-likeness (QED) is 0.546. The Balaban J connectivity index is 1.34. The van der Waals surface area contributed by atoms with Crippen LogP contribution in [-0.4, -0.2) is 61.1 Å². The third kappa shape index (κ3) is 3.42. The van der Waals surface area contributed by atoms with Crippen LogP contribution in [0.25, 0.3) is 10.9 Å². The first-order chi connectivity index (χ1) is 18.6. The molecular formula is C31H31N5O2. The third-order valence-electron chi connectivity index (χ3n) is 9.46. The van der Waals surface area contributed by atoms with E-state index in [4.69, 9.17) is 4.74 Å². The number of hydrogen-bond donors (Lipinski definition) is 1. The number of piperidine rings is 1. The molecule has 1 spiro atoms. The number of carbonyl (C=O) groups excluding carboxylic acids is 1. The second-order valence-corrected chi connectivity index (χ2v) is 11.3. The molecule has 1 N–H and O–H groups in total. The lowest BCUT2D eigenvalue weighted by Gasteiger charge is -2.43. The van der Waals surface area contributed by atoms with E-state index in [2.05, 4.69) is 33.0 Å². The molecule has 0 bridgehead atoms. The molecule has 3 saturated heterocycles. The van der Waals surface area contributed by atoms with E-state index in [1.54, 1.807) is 6.07 Å². The number of H-pyrrole nitrogens is 1. The van der Waals surface area contributed by atoms with E-state index in [0.29, 0.717) is 41.5 Å². The fourth-order valence-electron chi connectivity index (χ4n) is 7.47. The van der Waals surface area contributed by atoms with Crippen molar-refractivity contribution in [2.45, 2.75) is 50.0 Å². The number of rotatable bonds is 2. The van der Waals surface area contributed by atoms with Gasteiger partial charge in [-0.1, -0.05) is 6.07 Å². The zero-order chi connectivity index (χ0) is 25.9. The molecule has 3 aromatic rings. The molecule has 7 heteroatoms. The summed E-state index contributed by atoms with van der Waals surface area (Å²) in [5, 5.41) is 20.5. The second-order valence-electron chi connectivity index (χ2n) is 11.3. The molecule has 4 heterocycles. The number of hydrogen-bond acceptors (Lipinski definition) is 6. The fraction of sp³-hybridized carbons (Fsp3) is 0.452. The Kier molecular flexibility index (Phi) is 5.54. The Morgan fingerprint density at radius 3 is 2.45 bits per heavy atom. The van der Waals surface area contributed by atoms with Gasteiger partial charge in [0.25, 0.3) is 0 Å². The predicted molar refractivity (Wildman–Crippen MR) is 144 cm³/mol. The van der Waals surface area contributed by atoms with Gasteiger partial charge in [-0.3, -0.25) is 4.79 Å². The maximum Gasteiger partial charge on any atom is 0.195 e. The predicted octanol–water partition coefficient (Wildman–Crippen LogP) is 4.62. The highest BCUT2D eigenvalue weighted by atomic mass is 16.5. The molecule has 192 valence electrons. The largest absolute Gasteiger partial charge is 0.381 e. The minimum absolute atomic E-state index is 0.0427. The number of carbonyl (C=O) groups is 1. The number of ketones is 1. The van der Waals surface area contributed by atoms with Gasteiger partial charge in [0, 0.05) is 59.9 Å². The van der Waals surface area contributed by atoms with Crippen molar-refractivity contribution in [3.05, 3.63) is 63.8 Å². The van der Waals surface area contributed by atoms with Gasteiger partial charge in [0.1, 0.15) is 6.07 Å². The SMILES string of the molecule is N#Cc1ccc2c3c([nH]c2c1)C1(CCOCC1)c1cc(N2CCC(N4CCCC4)CC2)c(C#N)cc1C3=O. The van der Waals surface area contributed by atoms with Crippen molar-refractivity contribution < 1.29 is 9.53 Å². The van der Waals surface area contributed by atoms with Crippen molar-refractivity contribution in [3.63, 3.8) is 0 Å². The number of nitrogens with zero attached hydrogens (tertiary/aromatic N) is 4. The fourth-order valence-corrected chi connectivity index (χ4v) is 7.47. The number of benzene rings is 2. The highest BCUT2D eigenvalue weighted by Crippen LogP contribution is 2.51. The van der Waals surface area contributed by atoms with E-state index in [0.717, 1.165) is 66.6 Å². The normalized spacial score (nSPS) is 21.3. The molecule has 7 rings (SSSR count). The maximum atomic E-state index is 14.1. The summed E-state index contributed by atoms with van der Waals surface area (Å²) < 4.78 is 5.81. The first-order valence-electron chi connectivity index (χ1n) is 13.9. The first kappa shape index (κ1) is 23.5. The van der Waals surface area contributed by atoms with Gasteiger partial charge in [-0.05, 0) is 81.4 Å². The average molecular weight is 506 g/mol. The molecule has 4 aliphatic rings. The topological polar surface area (TPSA) is 96.2 Å². The van der Waals surface area contributed by atoms with E-state index in [1.165, 1.54) is 25.9 Å². The van der Waals surface area contributed by atoms with Gasteiger partial charge in [0.2, 0.25) is 0 Å². The van der Waals surface area contributed by atoms with E-state index in [-0.39, 0.29) is 11.2 Å². The molecule has 0 amide bonds. The van der Waals surface area contributed by atoms with E-state index >= 15 is 0 Å². The Hall–Kier alpha value is -3.65. The summed E-state index contributed by atoms with van der Waals surface area (Å²) in [5.41, 5.74) is 5.79. The molecule has 38 heavy (non-hydrogen) atoms. The van der Waals surface area contributed by atoms with Crippen LogP contribution in [0.2, 0.25) is 0 Å². The van der Waals surface area contributed by atoms with Crippen LogP contribution in [0.4, 0.5) is 5.69 Å². The highest BCUT2D eigenvalue weighted by Gasteiger charge is 2.47. The Morgan fingerprint density at radius 2 is 1.74 bits per heavy atom. The monoisotopic (exact) mass is 505 g/mol. The molecule has 3 aliphatic heterocycles. The lowest BCUT2D eigenvalue weighted by Crippen LogP contribution is -2.44. The van der Waals surface area contributed by atoms with Crippen LogP contribution in [-0.2, 0) is 10.2 Å². The zero-order valence-electron chi connectivity index (χ0n) is 21.6. The molecular weight excluding hydrogens is 474 g/mol. The lowest BCUT2D eigenvalue weighted by molar-refractivity contribution is 0.0602. The van der Waals surface area contributed by atoms with Crippen molar-refractivity contribution in [2.24, 2.45) is 0 Å². The summed E-state index contributed by atoms with van der Waals surface area (Å²) in [6.45, 7) is 5.50. The third-order valence-corrected chi connectivity index (χ3v) is 9.46. The first-order valence-corrected chi connectivity index (χ1v) is 13.9. The minimum Gasteiger partial charge on any atom is -0.381 e. The van der Waals surface area contributed by atoms with Crippen molar-refractivity contribution in [2.75, 3.05) is 44.3 Å². The number of likely N-dealkylation sites (tertiary alicyclic amines) is 1. The minimum atomic E-state index is -0.390. The second kappa shape index (κ2) is 8.98. The Labute approximate surface area is 222 Å². The number of anilines is 1. The maximum absolute atomic E-state index is 14.1. The molecule has 3 fully saturated rings. The van der Waals surface area contributed by atoms with Gasteiger partial charge in [0.05, 0.1) is 28.4 Å². The number of aromatic nitrogens is 1. The summed E-state index contributed by atoms with van der Waals surface area (Å²) in [7, 11) is 0. The van der Waals surface area contributed by atoms with Crippen molar-refractivity contribution >= 4 is 22.4 Å². The standard InChI is InChI=1S/C31H31N5O2/c32-18-20-3-4-23-26(15-20)34-30-28(23)29(37)24-16-21(19-33)27(17-25(24)31(30)7-13-38-14-8-31)36-11-5-22(6-12-36)35-9-1-2-10-35/h3-4,15-17,22,34H,1-2,5-14H2. The van der Waals surface area contributed by atoms with Crippen LogP contribution in [0.15, 0.2) is 30.3 Å². The van der Waals surface area contributed by atoms with Crippen molar-refractivity contribution in [3.8, 4) is 12.1 Å². The average Bonchev–Trinajstić information content (AvgIpc) is 3.65. The van der Waals surface area contributed by atoms with Gasteiger partial charge in [-0.2, -0.15) is 10.5 Å². The van der Waals surface area contributed by atoms with Gasteiger partial charge in [-0.15, -0.1) is 0 Å². The van der Waals surface area contributed by atoms with Gasteiger partial charge in [-0.25, -0.2) is 0 Å². The molecule has 0 radical (unpaired) electrons. The van der Waals surface area contributed by atoms with Gasteiger partial charge in [0.15, 0.2) is 5.78 Å². The van der Waals surface area contributed by atoms with Crippen LogP contribution < -0.4 is 4.90 Å². The van der Waals surface area contributed by atoms with E-state index in [1.807, 2.05) is 18.2 Å². The van der Waals surface area contributed by atoms with E-state index in [9.17, 15) is 15.3 Å². The van der Waals surface area contributed by atoms with Crippen LogP contribution in [0.5, 0.6) is 0 Å². The number of nitriles is 2. The van der Waals surface area contributed by atoms with Crippen LogP contribution in [0.3, 0.4) is 0 Å². The summed E-state index contributed by atoms with van der Waals surface area (Å²) in [6, 6.07) is 14.7. The zero-order valence-corrected chi connectivity index (χ0v) is 21.6. The van der Waals surface area contributed by atoms with Crippen molar-refractivity contribution in [1.82, 2.24) is 9.88 Å². The van der Waals surface area contributed by atoms with Gasteiger partial charge < -0.3 is 19.5 Å². The molecule has 2 aromatic carbocycles. The summed E-state index contributed by atoms with van der Waals surface area (Å²) in [5.74, 6) is -0.0427. The molecule has 0 saturated carbocycles. The Bertz CT molecular complexity index is 1520.